The molecule has 3 heteroatoms. The Morgan fingerprint density at radius 1 is 0.727 bits per heavy atom. The van der Waals surface area contributed by atoms with Gasteiger partial charge in [0, 0.05) is 11.1 Å². The second kappa shape index (κ2) is 11.3. The number of Topliss-reactive ketones (excluding diaryl/α,β-unsaturated/α-hetero) is 2. The van der Waals surface area contributed by atoms with E-state index in [0.29, 0.717) is 5.56 Å². The average Bonchev–Trinajstić information content (AvgIpc) is 2.58. The van der Waals surface area contributed by atoms with Crippen LogP contribution in [-0.4, -0.2) is 18.7 Å². The summed E-state index contributed by atoms with van der Waals surface area (Å²) in [5.74, 6) is 0.971. The highest BCUT2D eigenvalue weighted by Crippen LogP contribution is 2.11. The average molecular weight is 300 g/mol. The quantitative estimate of drug-likeness (QED) is 0.764. The third kappa shape index (κ3) is 7.39. The maximum Gasteiger partial charge on any atom is 0.159 e. The van der Waals surface area contributed by atoms with Crippen molar-refractivity contribution in [1.82, 2.24) is 0 Å². The SMILES string of the molecule is CC.CC(=O)c1ccccc1.COc1ccc(C(C)=O)cc1. The van der Waals surface area contributed by atoms with Crippen LogP contribution in [0.1, 0.15) is 48.4 Å². The zero-order valence-electron chi connectivity index (χ0n) is 13.9. The predicted octanol–water partition coefficient (Wildman–Crippen LogP) is 4.81. The number of hydrogen-bond acceptors (Lipinski definition) is 3. The molecular weight excluding hydrogens is 276 g/mol. The van der Waals surface area contributed by atoms with Gasteiger partial charge in [-0.05, 0) is 38.1 Å². The van der Waals surface area contributed by atoms with Gasteiger partial charge in [0.25, 0.3) is 0 Å². The number of ketones is 2. The lowest BCUT2D eigenvalue weighted by molar-refractivity contribution is 0.100. The minimum atomic E-state index is 0.0765. The van der Waals surface area contributed by atoms with Crippen LogP contribution < -0.4 is 4.74 Å². The summed E-state index contributed by atoms with van der Waals surface area (Å²) in [7, 11) is 1.60. The molecule has 2 aromatic rings. The molecule has 0 aliphatic rings. The summed E-state index contributed by atoms with van der Waals surface area (Å²) in [4.78, 5) is 21.4. The maximum absolute atomic E-state index is 10.8. The number of methoxy groups -OCH3 is 1. The van der Waals surface area contributed by atoms with Gasteiger partial charge in [0.2, 0.25) is 0 Å². The van der Waals surface area contributed by atoms with Crippen LogP contribution in [0.5, 0.6) is 5.75 Å². The van der Waals surface area contributed by atoms with E-state index in [1.807, 2.05) is 44.2 Å². The summed E-state index contributed by atoms with van der Waals surface area (Å²) in [5, 5.41) is 0. The van der Waals surface area contributed by atoms with Crippen molar-refractivity contribution in [2.75, 3.05) is 7.11 Å². The Morgan fingerprint density at radius 2 is 1.14 bits per heavy atom. The maximum atomic E-state index is 10.8. The first-order chi connectivity index (χ1) is 10.5. The second-order valence-corrected chi connectivity index (χ2v) is 4.21. The predicted molar refractivity (Wildman–Crippen MR) is 90.8 cm³/mol. The lowest BCUT2D eigenvalue weighted by Gasteiger charge is -1.98. The van der Waals surface area contributed by atoms with Crippen molar-refractivity contribution in [1.29, 1.82) is 0 Å². The van der Waals surface area contributed by atoms with E-state index in [1.54, 1.807) is 45.2 Å². The summed E-state index contributed by atoms with van der Waals surface area (Å²) in [6, 6.07) is 16.3. The Morgan fingerprint density at radius 3 is 1.45 bits per heavy atom. The number of carbonyl (C=O) groups excluding carboxylic acids is 2. The molecule has 0 bridgehead atoms. The van der Waals surface area contributed by atoms with Gasteiger partial charge in [-0.2, -0.15) is 0 Å². The van der Waals surface area contributed by atoms with Crippen molar-refractivity contribution < 1.29 is 14.3 Å². The highest BCUT2D eigenvalue weighted by molar-refractivity contribution is 5.94. The standard InChI is InChI=1S/C9H10O2.C8H8O.C2H6/c1-7(10)8-3-5-9(11-2)6-4-8;1-7(9)8-5-3-2-4-6-8;1-2/h3-6H,1-2H3;2-6H,1H3;1-2H3. The molecule has 22 heavy (non-hydrogen) atoms. The lowest BCUT2D eigenvalue weighted by atomic mass is 10.1. The molecule has 0 amide bonds. The third-order valence-corrected chi connectivity index (χ3v) is 2.68. The molecule has 0 aromatic heterocycles. The molecule has 0 radical (unpaired) electrons. The van der Waals surface area contributed by atoms with Crippen molar-refractivity contribution in [2.45, 2.75) is 27.7 Å². The van der Waals surface area contributed by atoms with Crippen LogP contribution in [-0.2, 0) is 0 Å². The van der Waals surface area contributed by atoms with E-state index in [-0.39, 0.29) is 11.6 Å². The molecule has 2 aromatic carbocycles. The Labute approximate surface area is 132 Å². The molecule has 0 fully saturated rings. The fourth-order valence-corrected chi connectivity index (χ4v) is 1.50. The van der Waals surface area contributed by atoms with Crippen LogP contribution >= 0.6 is 0 Å². The van der Waals surface area contributed by atoms with Crippen LogP contribution in [0.25, 0.3) is 0 Å². The Bertz CT molecular complexity index is 557. The van der Waals surface area contributed by atoms with Gasteiger partial charge in [-0.15, -0.1) is 0 Å². The molecule has 0 heterocycles. The summed E-state index contributed by atoms with van der Waals surface area (Å²) >= 11 is 0. The molecule has 118 valence electrons. The van der Waals surface area contributed by atoms with Crippen molar-refractivity contribution >= 4 is 11.6 Å². The second-order valence-electron chi connectivity index (χ2n) is 4.21. The summed E-state index contributed by atoms with van der Waals surface area (Å²) in [6.45, 7) is 7.11. The lowest BCUT2D eigenvalue weighted by Crippen LogP contribution is -1.91. The van der Waals surface area contributed by atoms with Crippen molar-refractivity contribution in [3.8, 4) is 5.75 Å². The van der Waals surface area contributed by atoms with Gasteiger partial charge in [-0.25, -0.2) is 0 Å². The first-order valence-electron chi connectivity index (χ1n) is 7.25. The first-order valence-corrected chi connectivity index (χ1v) is 7.25. The summed E-state index contributed by atoms with van der Waals surface area (Å²) in [5.41, 5.74) is 1.49. The largest absolute Gasteiger partial charge is 0.497 e. The van der Waals surface area contributed by atoms with E-state index < -0.39 is 0 Å². The van der Waals surface area contributed by atoms with Crippen LogP contribution in [0.2, 0.25) is 0 Å². The summed E-state index contributed by atoms with van der Waals surface area (Å²) < 4.78 is 4.94. The number of carbonyl (C=O) groups is 2. The Hall–Kier alpha value is -2.42. The van der Waals surface area contributed by atoms with Gasteiger partial charge < -0.3 is 4.74 Å². The molecule has 0 saturated heterocycles. The molecule has 0 spiro atoms. The van der Waals surface area contributed by atoms with Gasteiger partial charge in [-0.1, -0.05) is 44.2 Å². The third-order valence-electron chi connectivity index (χ3n) is 2.68. The van der Waals surface area contributed by atoms with E-state index in [2.05, 4.69) is 0 Å². The van der Waals surface area contributed by atoms with Crippen molar-refractivity contribution in [3.05, 3.63) is 65.7 Å². The zero-order valence-corrected chi connectivity index (χ0v) is 13.9. The van der Waals surface area contributed by atoms with E-state index in [1.165, 1.54) is 0 Å². The fraction of sp³-hybridized carbons (Fsp3) is 0.263. The molecule has 0 unspecified atom stereocenters. The van der Waals surface area contributed by atoms with Gasteiger partial charge in [0.15, 0.2) is 11.6 Å². The molecule has 0 atom stereocenters. The molecule has 0 aliphatic carbocycles. The van der Waals surface area contributed by atoms with E-state index in [9.17, 15) is 9.59 Å². The Kier molecular flexibility index (Phi) is 10.0. The number of rotatable bonds is 3. The topological polar surface area (TPSA) is 43.4 Å². The fourth-order valence-electron chi connectivity index (χ4n) is 1.50. The highest BCUT2D eigenvalue weighted by atomic mass is 16.5. The first kappa shape index (κ1) is 19.6. The van der Waals surface area contributed by atoms with E-state index in [0.717, 1.165) is 11.3 Å². The van der Waals surface area contributed by atoms with Gasteiger partial charge >= 0.3 is 0 Å². The smallest absolute Gasteiger partial charge is 0.159 e. The highest BCUT2D eigenvalue weighted by Gasteiger charge is 1.97. The van der Waals surface area contributed by atoms with Crippen LogP contribution in [0.3, 0.4) is 0 Å². The van der Waals surface area contributed by atoms with Gasteiger partial charge in [0.05, 0.1) is 7.11 Å². The van der Waals surface area contributed by atoms with Gasteiger partial charge in [0.1, 0.15) is 5.75 Å². The number of hydrogen-bond donors (Lipinski definition) is 0. The minimum absolute atomic E-state index is 0.0765. The van der Waals surface area contributed by atoms with E-state index >= 15 is 0 Å². The van der Waals surface area contributed by atoms with Crippen LogP contribution in [0, 0.1) is 0 Å². The monoisotopic (exact) mass is 300 g/mol. The normalized spacial score (nSPS) is 8.59. The van der Waals surface area contributed by atoms with Crippen LogP contribution in [0.4, 0.5) is 0 Å². The van der Waals surface area contributed by atoms with Gasteiger partial charge in [-0.3, -0.25) is 9.59 Å². The van der Waals surface area contributed by atoms with Crippen molar-refractivity contribution in [2.24, 2.45) is 0 Å². The molecule has 0 aliphatic heterocycles. The zero-order chi connectivity index (χ0) is 17.0. The number of benzene rings is 2. The molecule has 2 rings (SSSR count). The Balaban J connectivity index is 0.000000366. The van der Waals surface area contributed by atoms with Crippen molar-refractivity contribution in [3.63, 3.8) is 0 Å². The molecular formula is C19H24O3. The molecule has 0 N–H and O–H groups in total. The van der Waals surface area contributed by atoms with Crippen LogP contribution in [0.15, 0.2) is 54.6 Å². The molecule has 3 nitrogen and oxygen atoms in total. The molecule has 0 saturated carbocycles. The minimum Gasteiger partial charge on any atom is -0.497 e. The number of ether oxygens (including phenoxy) is 1. The summed E-state index contributed by atoms with van der Waals surface area (Å²) in [6.07, 6.45) is 0. The van der Waals surface area contributed by atoms with E-state index in [4.69, 9.17) is 4.74 Å².